The highest BCUT2D eigenvalue weighted by molar-refractivity contribution is 6.34. The SMILES string of the molecule is Clc1nc2c(c3cccnc13)CCO2. The summed E-state index contributed by atoms with van der Waals surface area (Å²) in [7, 11) is 0. The fraction of sp³-hybridized carbons (Fsp3) is 0.200. The van der Waals surface area contributed by atoms with Gasteiger partial charge in [-0.15, -0.1) is 0 Å². The average Bonchev–Trinajstić information content (AvgIpc) is 2.66. The zero-order valence-corrected chi connectivity index (χ0v) is 8.08. The number of rotatable bonds is 0. The molecular formula is C10H7ClN2O. The lowest BCUT2D eigenvalue weighted by molar-refractivity contribution is 0.345. The molecule has 0 atom stereocenters. The highest BCUT2D eigenvalue weighted by Crippen LogP contribution is 2.32. The van der Waals surface area contributed by atoms with Crippen molar-refractivity contribution in [2.75, 3.05) is 6.61 Å². The maximum atomic E-state index is 5.99. The molecule has 1 aliphatic rings. The summed E-state index contributed by atoms with van der Waals surface area (Å²) in [6.45, 7) is 0.687. The molecular weight excluding hydrogens is 200 g/mol. The Morgan fingerprint density at radius 1 is 1.43 bits per heavy atom. The monoisotopic (exact) mass is 206 g/mol. The Bertz CT molecular complexity index is 513. The molecule has 0 radical (unpaired) electrons. The van der Waals surface area contributed by atoms with Crippen molar-refractivity contribution in [3.63, 3.8) is 0 Å². The molecule has 14 heavy (non-hydrogen) atoms. The van der Waals surface area contributed by atoms with Gasteiger partial charge in [-0.2, -0.15) is 4.98 Å². The van der Waals surface area contributed by atoms with Crippen molar-refractivity contribution in [2.45, 2.75) is 6.42 Å². The summed E-state index contributed by atoms with van der Waals surface area (Å²) >= 11 is 5.99. The van der Waals surface area contributed by atoms with Crippen molar-refractivity contribution in [1.82, 2.24) is 9.97 Å². The first-order valence-corrected chi connectivity index (χ1v) is 4.80. The molecule has 3 heterocycles. The molecule has 0 saturated carbocycles. The summed E-state index contributed by atoms with van der Waals surface area (Å²) < 4.78 is 5.36. The van der Waals surface area contributed by atoms with Crippen LogP contribution < -0.4 is 4.74 Å². The molecule has 0 N–H and O–H groups in total. The molecule has 0 saturated heterocycles. The molecule has 2 aromatic rings. The minimum atomic E-state index is 0.418. The summed E-state index contributed by atoms with van der Waals surface area (Å²) in [5.41, 5.74) is 1.89. The van der Waals surface area contributed by atoms with Crippen LogP contribution in [0.25, 0.3) is 10.9 Å². The Hall–Kier alpha value is -1.35. The van der Waals surface area contributed by atoms with Crippen molar-refractivity contribution in [1.29, 1.82) is 0 Å². The minimum Gasteiger partial charge on any atom is -0.477 e. The molecule has 3 rings (SSSR count). The number of nitrogens with zero attached hydrogens (tertiary/aromatic N) is 2. The van der Waals surface area contributed by atoms with E-state index in [1.54, 1.807) is 6.20 Å². The fourth-order valence-corrected chi connectivity index (χ4v) is 1.98. The first kappa shape index (κ1) is 8.00. The predicted molar refractivity (Wildman–Crippen MR) is 53.7 cm³/mol. The normalized spacial score (nSPS) is 14.1. The number of halogens is 1. The highest BCUT2D eigenvalue weighted by atomic mass is 35.5. The lowest BCUT2D eigenvalue weighted by Gasteiger charge is -2.03. The van der Waals surface area contributed by atoms with Gasteiger partial charge < -0.3 is 4.74 Å². The third kappa shape index (κ3) is 0.990. The van der Waals surface area contributed by atoms with Gasteiger partial charge >= 0.3 is 0 Å². The second-order valence-electron chi connectivity index (χ2n) is 3.18. The first-order valence-electron chi connectivity index (χ1n) is 4.42. The molecule has 1 aliphatic heterocycles. The number of pyridine rings is 2. The summed E-state index contributed by atoms with van der Waals surface area (Å²) in [6.07, 6.45) is 2.61. The van der Waals surface area contributed by atoms with Crippen molar-refractivity contribution in [3.05, 3.63) is 29.0 Å². The van der Waals surface area contributed by atoms with Crippen LogP contribution in [0.3, 0.4) is 0 Å². The van der Waals surface area contributed by atoms with Gasteiger partial charge in [0.1, 0.15) is 5.52 Å². The van der Waals surface area contributed by atoms with Crippen LogP contribution in [0, 0.1) is 0 Å². The summed E-state index contributed by atoms with van der Waals surface area (Å²) in [5.74, 6) is 0.663. The smallest absolute Gasteiger partial charge is 0.218 e. The van der Waals surface area contributed by atoms with Crippen LogP contribution in [0.15, 0.2) is 18.3 Å². The van der Waals surface area contributed by atoms with Crippen LogP contribution >= 0.6 is 11.6 Å². The van der Waals surface area contributed by atoms with E-state index in [0.717, 1.165) is 22.9 Å². The summed E-state index contributed by atoms with van der Waals surface area (Å²) in [5, 5.41) is 1.47. The fourth-order valence-electron chi connectivity index (χ4n) is 1.75. The third-order valence-electron chi connectivity index (χ3n) is 2.38. The van der Waals surface area contributed by atoms with Gasteiger partial charge in [0.05, 0.1) is 6.61 Å². The number of hydrogen-bond donors (Lipinski definition) is 0. The van der Waals surface area contributed by atoms with E-state index in [1.165, 1.54) is 0 Å². The van der Waals surface area contributed by atoms with E-state index in [1.807, 2.05) is 12.1 Å². The molecule has 0 aliphatic carbocycles. The maximum Gasteiger partial charge on any atom is 0.218 e. The molecule has 0 fully saturated rings. The maximum absolute atomic E-state index is 5.99. The first-order chi connectivity index (χ1) is 6.86. The van der Waals surface area contributed by atoms with E-state index in [9.17, 15) is 0 Å². The average molecular weight is 207 g/mol. The van der Waals surface area contributed by atoms with E-state index in [-0.39, 0.29) is 0 Å². The second-order valence-corrected chi connectivity index (χ2v) is 3.54. The van der Waals surface area contributed by atoms with Crippen LogP contribution in [0.4, 0.5) is 0 Å². The number of fused-ring (bicyclic) bond motifs is 3. The Kier molecular flexibility index (Phi) is 1.61. The van der Waals surface area contributed by atoms with Gasteiger partial charge in [-0.3, -0.25) is 4.98 Å². The zero-order valence-electron chi connectivity index (χ0n) is 7.33. The van der Waals surface area contributed by atoms with E-state index in [0.29, 0.717) is 17.6 Å². The number of ether oxygens (including phenoxy) is 1. The largest absolute Gasteiger partial charge is 0.477 e. The van der Waals surface area contributed by atoms with Crippen molar-refractivity contribution < 1.29 is 4.74 Å². The number of hydrogen-bond acceptors (Lipinski definition) is 3. The van der Waals surface area contributed by atoms with Gasteiger partial charge in [0, 0.05) is 23.6 Å². The second kappa shape index (κ2) is 2.82. The lowest BCUT2D eigenvalue weighted by atomic mass is 10.1. The van der Waals surface area contributed by atoms with Gasteiger partial charge in [-0.25, -0.2) is 0 Å². The Labute approximate surface area is 85.7 Å². The summed E-state index contributed by atoms with van der Waals surface area (Å²) in [4.78, 5) is 8.37. The third-order valence-corrected chi connectivity index (χ3v) is 2.64. The molecule has 0 aromatic carbocycles. The van der Waals surface area contributed by atoms with Gasteiger partial charge in [-0.05, 0) is 6.07 Å². The predicted octanol–water partition coefficient (Wildman–Crippen LogP) is 2.22. The topological polar surface area (TPSA) is 35.0 Å². The van der Waals surface area contributed by atoms with Crippen molar-refractivity contribution in [3.8, 4) is 5.88 Å². The van der Waals surface area contributed by atoms with Gasteiger partial charge in [0.2, 0.25) is 5.88 Å². The quantitative estimate of drug-likeness (QED) is 0.620. The molecule has 0 spiro atoms. The van der Waals surface area contributed by atoms with Crippen LogP contribution in [0.1, 0.15) is 5.56 Å². The lowest BCUT2D eigenvalue weighted by Crippen LogP contribution is -1.89. The van der Waals surface area contributed by atoms with Crippen molar-refractivity contribution >= 4 is 22.5 Å². The van der Waals surface area contributed by atoms with Gasteiger partial charge in [-0.1, -0.05) is 17.7 Å². The van der Waals surface area contributed by atoms with E-state index in [2.05, 4.69) is 9.97 Å². The van der Waals surface area contributed by atoms with Gasteiger partial charge in [0.25, 0.3) is 0 Å². The van der Waals surface area contributed by atoms with Crippen LogP contribution in [-0.4, -0.2) is 16.6 Å². The molecule has 70 valence electrons. The Morgan fingerprint density at radius 2 is 2.36 bits per heavy atom. The Balaban J connectivity index is 2.47. The number of aromatic nitrogens is 2. The van der Waals surface area contributed by atoms with E-state index < -0.39 is 0 Å². The molecule has 4 heteroatoms. The Morgan fingerprint density at radius 3 is 3.29 bits per heavy atom. The molecule has 2 aromatic heterocycles. The van der Waals surface area contributed by atoms with E-state index in [4.69, 9.17) is 16.3 Å². The van der Waals surface area contributed by atoms with E-state index >= 15 is 0 Å². The van der Waals surface area contributed by atoms with Crippen LogP contribution in [-0.2, 0) is 6.42 Å². The molecule has 0 amide bonds. The summed E-state index contributed by atoms with van der Waals surface area (Å²) in [6, 6.07) is 3.90. The zero-order chi connectivity index (χ0) is 9.54. The van der Waals surface area contributed by atoms with Gasteiger partial charge in [0.15, 0.2) is 5.15 Å². The van der Waals surface area contributed by atoms with Crippen molar-refractivity contribution in [2.24, 2.45) is 0 Å². The highest BCUT2D eigenvalue weighted by Gasteiger charge is 2.19. The van der Waals surface area contributed by atoms with Crippen LogP contribution in [0.2, 0.25) is 5.15 Å². The minimum absolute atomic E-state index is 0.418. The van der Waals surface area contributed by atoms with Crippen LogP contribution in [0.5, 0.6) is 5.88 Å². The molecule has 0 bridgehead atoms. The molecule has 3 nitrogen and oxygen atoms in total. The molecule has 0 unspecified atom stereocenters. The standard InChI is InChI=1S/C10H7ClN2O/c11-9-8-6(2-1-4-12-8)7-3-5-14-10(7)13-9/h1-2,4H,3,5H2.